The standard InChI is InChI=1S/C15H10F2N2O2/c1-8-4-9(6-10(16)5-8)14-18-15(21-19-14)12-3-2-11(20)7-13(12)17/h2-7,20H,1H3. The fraction of sp³-hybridized carbons (Fsp3) is 0.0667. The molecule has 0 atom stereocenters. The molecule has 1 N–H and O–H groups in total. The van der Waals surface area contributed by atoms with Gasteiger partial charge >= 0.3 is 0 Å². The van der Waals surface area contributed by atoms with Crippen molar-refractivity contribution in [1.29, 1.82) is 0 Å². The third kappa shape index (κ3) is 2.60. The Kier molecular flexibility index (Phi) is 3.13. The van der Waals surface area contributed by atoms with E-state index in [1.165, 1.54) is 24.3 Å². The average molecular weight is 288 g/mol. The third-order valence-electron chi connectivity index (χ3n) is 2.91. The fourth-order valence-electron chi connectivity index (χ4n) is 1.99. The lowest BCUT2D eigenvalue weighted by atomic mass is 10.1. The van der Waals surface area contributed by atoms with Crippen LogP contribution >= 0.6 is 0 Å². The molecule has 0 amide bonds. The average Bonchev–Trinajstić information content (AvgIpc) is 2.87. The first-order valence-electron chi connectivity index (χ1n) is 6.13. The Hall–Kier alpha value is -2.76. The molecule has 0 saturated carbocycles. The molecule has 0 aliphatic carbocycles. The lowest BCUT2D eigenvalue weighted by Crippen LogP contribution is -1.87. The highest BCUT2D eigenvalue weighted by Crippen LogP contribution is 2.27. The van der Waals surface area contributed by atoms with Gasteiger partial charge < -0.3 is 9.63 Å². The van der Waals surface area contributed by atoms with Crippen LogP contribution in [0.2, 0.25) is 0 Å². The molecule has 0 aliphatic heterocycles. The number of rotatable bonds is 2. The number of aromatic hydroxyl groups is 1. The quantitative estimate of drug-likeness (QED) is 0.781. The van der Waals surface area contributed by atoms with Crippen LogP contribution in [-0.2, 0) is 0 Å². The van der Waals surface area contributed by atoms with Gasteiger partial charge in [0, 0.05) is 11.6 Å². The summed E-state index contributed by atoms with van der Waals surface area (Å²) in [5.74, 6) is -1.16. The Balaban J connectivity index is 2.03. The molecule has 0 aliphatic rings. The number of phenolic OH excluding ortho intramolecular Hbond substituents is 1. The molecule has 6 heteroatoms. The van der Waals surface area contributed by atoms with Crippen molar-refractivity contribution in [3.8, 4) is 28.6 Å². The number of benzene rings is 2. The number of phenols is 1. The molecular formula is C15H10F2N2O2. The van der Waals surface area contributed by atoms with Gasteiger partial charge in [0.25, 0.3) is 5.89 Å². The highest BCUT2D eigenvalue weighted by atomic mass is 19.1. The van der Waals surface area contributed by atoms with Crippen molar-refractivity contribution in [2.75, 3.05) is 0 Å². The Labute approximate surface area is 118 Å². The van der Waals surface area contributed by atoms with Crippen LogP contribution in [0, 0.1) is 18.6 Å². The van der Waals surface area contributed by atoms with Gasteiger partial charge in [-0.2, -0.15) is 4.98 Å². The smallest absolute Gasteiger partial charge is 0.261 e. The lowest BCUT2D eigenvalue weighted by molar-refractivity contribution is 0.428. The van der Waals surface area contributed by atoms with E-state index in [-0.39, 0.29) is 23.0 Å². The molecule has 1 heterocycles. The minimum absolute atomic E-state index is 0.0376. The van der Waals surface area contributed by atoms with Crippen LogP contribution < -0.4 is 0 Å². The largest absolute Gasteiger partial charge is 0.508 e. The second kappa shape index (κ2) is 4.97. The highest BCUT2D eigenvalue weighted by Gasteiger charge is 2.15. The van der Waals surface area contributed by atoms with Gasteiger partial charge in [-0.15, -0.1) is 0 Å². The lowest BCUT2D eigenvalue weighted by Gasteiger charge is -1.98. The van der Waals surface area contributed by atoms with Crippen LogP contribution in [0.15, 0.2) is 40.9 Å². The van der Waals surface area contributed by atoms with E-state index in [0.717, 1.165) is 6.07 Å². The molecule has 21 heavy (non-hydrogen) atoms. The second-order valence-corrected chi connectivity index (χ2v) is 4.60. The summed E-state index contributed by atoms with van der Waals surface area (Å²) in [7, 11) is 0. The van der Waals surface area contributed by atoms with Crippen LogP contribution in [0.4, 0.5) is 8.78 Å². The summed E-state index contributed by atoms with van der Waals surface area (Å²) in [6.07, 6.45) is 0. The van der Waals surface area contributed by atoms with Crippen LogP contribution in [0.5, 0.6) is 5.75 Å². The minimum atomic E-state index is -0.680. The Bertz CT molecular complexity index is 795. The van der Waals surface area contributed by atoms with Crippen molar-refractivity contribution in [2.24, 2.45) is 0 Å². The second-order valence-electron chi connectivity index (χ2n) is 4.60. The van der Waals surface area contributed by atoms with E-state index in [4.69, 9.17) is 4.52 Å². The van der Waals surface area contributed by atoms with E-state index in [1.54, 1.807) is 13.0 Å². The van der Waals surface area contributed by atoms with Crippen LogP contribution in [0.1, 0.15) is 5.56 Å². The Morgan fingerprint density at radius 1 is 1.10 bits per heavy atom. The van der Waals surface area contributed by atoms with Gasteiger partial charge in [-0.25, -0.2) is 8.78 Å². The summed E-state index contributed by atoms with van der Waals surface area (Å²) >= 11 is 0. The van der Waals surface area contributed by atoms with E-state index < -0.39 is 11.6 Å². The number of hydrogen-bond acceptors (Lipinski definition) is 4. The van der Waals surface area contributed by atoms with Gasteiger partial charge in [0.1, 0.15) is 17.4 Å². The van der Waals surface area contributed by atoms with Crippen molar-refractivity contribution < 1.29 is 18.4 Å². The van der Waals surface area contributed by atoms with Gasteiger partial charge in [0.15, 0.2) is 0 Å². The topological polar surface area (TPSA) is 59.2 Å². The minimum Gasteiger partial charge on any atom is -0.508 e. The molecule has 2 aromatic carbocycles. The first kappa shape index (κ1) is 13.2. The van der Waals surface area contributed by atoms with E-state index >= 15 is 0 Å². The maximum Gasteiger partial charge on any atom is 0.261 e. The number of halogens is 2. The SMILES string of the molecule is Cc1cc(F)cc(-c2noc(-c3ccc(O)cc3F)n2)c1. The summed E-state index contributed by atoms with van der Waals surface area (Å²) in [5, 5.41) is 12.9. The summed E-state index contributed by atoms with van der Waals surface area (Å²) in [6, 6.07) is 7.95. The maximum absolute atomic E-state index is 13.7. The van der Waals surface area contributed by atoms with Gasteiger partial charge in [0.2, 0.25) is 5.82 Å². The maximum atomic E-state index is 13.7. The van der Waals surface area contributed by atoms with Crippen molar-refractivity contribution >= 4 is 0 Å². The van der Waals surface area contributed by atoms with Crippen molar-refractivity contribution in [3.05, 3.63) is 53.6 Å². The van der Waals surface area contributed by atoms with Gasteiger partial charge in [-0.1, -0.05) is 5.16 Å². The molecule has 0 unspecified atom stereocenters. The molecule has 0 bridgehead atoms. The predicted molar refractivity (Wildman–Crippen MR) is 71.5 cm³/mol. The fourth-order valence-corrected chi connectivity index (χ4v) is 1.99. The normalized spacial score (nSPS) is 10.8. The molecule has 3 rings (SSSR count). The molecule has 0 spiro atoms. The van der Waals surface area contributed by atoms with E-state index in [2.05, 4.69) is 10.1 Å². The van der Waals surface area contributed by atoms with E-state index in [0.29, 0.717) is 11.1 Å². The van der Waals surface area contributed by atoms with Crippen molar-refractivity contribution in [1.82, 2.24) is 10.1 Å². The molecule has 0 radical (unpaired) electrons. The van der Waals surface area contributed by atoms with Crippen LogP contribution in [0.25, 0.3) is 22.8 Å². The molecule has 106 valence electrons. The van der Waals surface area contributed by atoms with Gasteiger partial charge in [-0.05, 0) is 42.8 Å². The summed E-state index contributed by atoms with van der Waals surface area (Å²) in [5.41, 5.74) is 1.23. The highest BCUT2D eigenvalue weighted by molar-refractivity contribution is 5.61. The van der Waals surface area contributed by atoms with E-state index in [9.17, 15) is 13.9 Å². The number of aryl methyl sites for hydroxylation is 1. The van der Waals surface area contributed by atoms with Crippen molar-refractivity contribution in [3.63, 3.8) is 0 Å². The third-order valence-corrected chi connectivity index (χ3v) is 2.91. The number of nitrogens with zero attached hydrogens (tertiary/aromatic N) is 2. The van der Waals surface area contributed by atoms with Gasteiger partial charge in [-0.3, -0.25) is 0 Å². The number of hydrogen-bond donors (Lipinski definition) is 1. The van der Waals surface area contributed by atoms with Crippen LogP contribution in [-0.4, -0.2) is 15.2 Å². The first-order valence-corrected chi connectivity index (χ1v) is 6.13. The van der Waals surface area contributed by atoms with E-state index in [1.807, 2.05) is 0 Å². The predicted octanol–water partition coefficient (Wildman–Crippen LogP) is 3.70. The molecule has 0 fully saturated rings. The Morgan fingerprint density at radius 2 is 1.90 bits per heavy atom. The zero-order chi connectivity index (χ0) is 15.0. The zero-order valence-electron chi connectivity index (χ0n) is 11.0. The zero-order valence-corrected chi connectivity index (χ0v) is 11.0. The van der Waals surface area contributed by atoms with Crippen LogP contribution in [0.3, 0.4) is 0 Å². The van der Waals surface area contributed by atoms with Crippen molar-refractivity contribution in [2.45, 2.75) is 6.92 Å². The molecule has 1 aromatic heterocycles. The Morgan fingerprint density at radius 3 is 2.62 bits per heavy atom. The number of aromatic nitrogens is 2. The molecular weight excluding hydrogens is 278 g/mol. The summed E-state index contributed by atoms with van der Waals surface area (Å²) in [4.78, 5) is 4.06. The first-order chi connectivity index (χ1) is 10.0. The summed E-state index contributed by atoms with van der Waals surface area (Å²) < 4.78 is 32.1. The van der Waals surface area contributed by atoms with Gasteiger partial charge in [0.05, 0.1) is 5.56 Å². The molecule has 3 aromatic rings. The summed E-state index contributed by atoms with van der Waals surface area (Å²) in [6.45, 7) is 1.74. The molecule has 4 nitrogen and oxygen atoms in total. The monoisotopic (exact) mass is 288 g/mol. The molecule has 0 saturated heterocycles.